The quantitative estimate of drug-likeness (QED) is 0.493. The van der Waals surface area contributed by atoms with Crippen molar-refractivity contribution in [1.82, 2.24) is 4.90 Å². The molecule has 21 heavy (non-hydrogen) atoms. The van der Waals surface area contributed by atoms with Crippen LogP contribution in [0.4, 0.5) is 5.69 Å². The molecule has 0 unspecified atom stereocenters. The molecular weight excluding hydrogens is 262 g/mol. The van der Waals surface area contributed by atoms with Crippen LogP contribution < -0.4 is 5.32 Å². The first-order valence-corrected chi connectivity index (χ1v) is 6.76. The summed E-state index contributed by atoms with van der Waals surface area (Å²) in [6.07, 6.45) is 2.61. The summed E-state index contributed by atoms with van der Waals surface area (Å²) in [5.74, 6) is 0. The molecule has 0 atom stereocenters. The molecule has 1 aromatic rings. The van der Waals surface area contributed by atoms with Crippen LogP contribution in [-0.4, -0.2) is 31.0 Å². The fourth-order valence-electron chi connectivity index (χ4n) is 1.83. The summed E-state index contributed by atoms with van der Waals surface area (Å²) in [6, 6.07) is 5.60. The number of rotatable bonds is 6. The number of carbonyl (C=O) groups excluding carboxylic acids is 1. The van der Waals surface area contributed by atoms with Crippen molar-refractivity contribution in [3.8, 4) is 0 Å². The van der Waals surface area contributed by atoms with Crippen molar-refractivity contribution >= 4 is 17.7 Å². The average Bonchev–Trinajstić information content (AvgIpc) is 2.40. The molecule has 4 heteroatoms. The van der Waals surface area contributed by atoms with Crippen LogP contribution in [0.1, 0.15) is 29.8 Å². The zero-order valence-electron chi connectivity index (χ0n) is 13.4. The Morgan fingerprint density at radius 3 is 2.52 bits per heavy atom. The van der Waals surface area contributed by atoms with Crippen molar-refractivity contribution < 1.29 is 4.79 Å². The SMILES string of the molecule is C=C(Nc1c(C)cccc1C=O)/C(=C\N=C(C)C)N(C)C. The van der Waals surface area contributed by atoms with E-state index in [4.69, 9.17) is 0 Å². The molecular formula is C17H23N3O. The largest absolute Gasteiger partial charge is 0.375 e. The summed E-state index contributed by atoms with van der Waals surface area (Å²) < 4.78 is 0. The Hall–Kier alpha value is -2.36. The number of nitrogens with zero attached hydrogens (tertiary/aromatic N) is 2. The predicted molar refractivity (Wildman–Crippen MR) is 89.9 cm³/mol. The van der Waals surface area contributed by atoms with Crippen LogP contribution in [0.15, 0.2) is 47.4 Å². The highest BCUT2D eigenvalue weighted by atomic mass is 16.1. The van der Waals surface area contributed by atoms with Crippen molar-refractivity contribution in [3.05, 3.63) is 53.5 Å². The van der Waals surface area contributed by atoms with E-state index < -0.39 is 0 Å². The first kappa shape index (κ1) is 16.7. The Labute approximate surface area is 126 Å². The van der Waals surface area contributed by atoms with E-state index in [0.29, 0.717) is 11.3 Å². The van der Waals surface area contributed by atoms with Crippen LogP contribution in [0, 0.1) is 6.92 Å². The lowest BCUT2D eigenvalue weighted by Crippen LogP contribution is -2.17. The van der Waals surface area contributed by atoms with Crippen molar-refractivity contribution in [2.45, 2.75) is 20.8 Å². The molecule has 0 heterocycles. The molecule has 0 saturated heterocycles. The maximum atomic E-state index is 11.2. The van der Waals surface area contributed by atoms with Crippen LogP contribution in [0.25, 0.3) is 0 Å². The molecule has 0 spiro atoms. The van der Waals surface area contributed by atoms with Crippen molar-refractivity contribution in [2.24, 2.45) is 4.99 Å². The standard InChI is InChI=1S/C17H23N3O/c1-12(2)18-10-16(20(5)6)14(4)19-17-13(3)8-7-9-15(17)11-21/h7-11,19H,4H2,1-3,5-6H3/b16-10+. The van der Waals surface area contributed by atoms with Gasteiger partial charge in [0.15, 0.2) is 6.29 Å². The number of aliphatic imine (C=N–C) groups is 1. The molecule has 0 radical (unpaired) electrons. The number of hydrogen-bond donors (Lipinski definition) is 1. The Bertz CT molecular complexity index is 594. The lowest BCUT2D eigenvalue weighted by molar-refractivity contribution is 0.112. The Morgan fingerprint density at radius 1 is 1.33 bits per heavy atom. The smallest absolute Gasteiger partial charge is 0.152 e. The molecule has 0 aromatic heterocycles. The molecule has 0 amide bonds. The van der Waals surface area contributed by atoms with Gasteiger partial charge in [0, 0.05) is 25.4 Å². The average molecular weight is 285 g/mol. The summed E-state index contributed by atoms with van der Waals surface area (Å²) >= 11 is 0. The molecule has 4 nitrogen and oxygen atoms in total. The van der Waals surface area contributed by atoms with E-state index >= 15 is 0 Å². The van der Waals surface area contributed by atoms with Gasteiger partial charge in [0.05, 0.1) is 23.3 Å². The summed E-state index contributed by atoms with van der Waals surface area (Å²) in [7, 11) is 3.86. The zero-order chi connectivity index (χ0) is 16.0. The van der Waals surface area contributed by atoms with Gasteiger partial charge in [-0.15, -0.1) is 0 Å². The maximum absolute atomic E-state index is 11.2. The van der Waals surface area contributed by atoms with Gasteiger partial charge in [-0.2, -0.15) is 0 Å². The van der Waals surface area contributed by atoms with Gasteiger partial charge >= 0.3 is 0 Å². The fraction of sp³-hybridized carbons (Fsp3) is 0.294. The summed E-state index contributed by atoms with van der Waals surface area (Å²) in [4.78, 5) is 17.4. The van der Waals surface area contributed by atoms with Crippen molar-refractivity contribution in [3.63, 3.8) is 0 Å². The van der Waals surface area contributed by atoms with Gasteiger partial charge in [0.2, 0.25) is 0 Å². The van der Waals surface area contributed by atoms with Gasteiger partial charge in [-0.25, -0.2) is 0 Å². The van der Waals surface area contributed by atoms with Crippen molar-refractivity contribution in [1.29, 1.82) is 0 Å². The van der Waals surface area contributed by atoms with Crippen LogP contribution in [0.3, 0.4) is 0 Å². The number of likely N-dealkylation sites (N-methyl/N-ethyl adjacent to an activating group) is 1. The number of hydrogen-bond acceptors (Lipinski definition) is 4. The molecule has 0 bridgehead atoms. The highest BCUT2D eigenvalue weighted by Crippen LogP contribution is 2.23. The van der Waals surface area contributed by atoms with E-state index in [2.05, 4.69) is 16.9 Å². The number of nitrogens with one attached hydrogen (secondary N) is 1. The minimum absolute atomic E-state index is 0.615. The first-order valence-electron chi connectivity index (χ1n) is 6.76. The number of aldehydes is 1. The molecule has 1 aromatic carbocycles. The normalized spacial score (nSPS) is 10.8. The van der Waals surface area contributed by atoms with Gasteiger partial charge < -0.3 is 10.2 Å². The van der Waals surface area contributed by atoms with E-state index in [1.807, 2.05) is 51.9 Å². The molecule has 0 saturated carbocycles. The topological polar surface area (TPSA) is 44.7 Å². The molecule has 0 aliphatic heterocycles. The van der Waals surface area contributed by atoms with E-state index in [1.165, 1.54) is 0 Å². The molecule has 0 aliphatic carbocycles. The van der Waals surface area contributed by atoms with E-state index in [1.54, 1.807) is 12.3 Å². The second-order valence-electron chi connectivity index (χ2n) is 5.25. The zero-order valence-corrected chi connectivity index (χ0v) is 13.4. The van der Waals surface area contributed by atoms with E-state index in [0.717, 1.165) is 28.9 Å². The molecule has 0 fully saturated rings. The second-order valence-corrected chi connectivity index (χ2v) is 5.25. The Balaban J connectivity index is 3.12. The molecule has 1 rings (SSSR count). The Kier molecular flexibility index (Phi) is 5.91. The van der Waals surface area contributed by atoms with Gasteiger partial charge in [0.1, 0.15) is 0 Å². The summed E-state index contributed by atoms with van der Waals surface area (Å²) in [6.45, 7) is 9.89. The number of aryl methyl sites for hydroxylation is 1. The van der Waals surface area contributed by atoms with Crippen molar-refractivity contribution in [2.75, 3.05) is 19.4 Å². The third-order valence-electron chi connectivity index (χ3n) is 2.94. The third kappa shape index (κ3) is 4.60. The number of para-hydroxylation sites is 1. The second kappa shape index (κ2) is 7.43. The maximum Gasteiger partial charge on any atom is 0.152 e. The fourth-order valence-corrected chi connectivity index (χ4v) is 1.83. The highest BCUT2D eigenvalue weighted by Gasteiger charge is 2.10. The molecule has 112 valence electrons. The van der Waals surface area contributed by atoms with Crippen LogP contribution in [0.2, 0.25) is 0 Å². The number of benzene rings is 1. The monoisotopic (exact) mass is 285 g/mol. The lowest BCUT2D eigenvalue weighted by atomic mass is 10.1. The Morgan fingerprint density at radius 2 is 2.00 bits per heavy atom. The van der Waals surface area contributed by atoms with Gasteiger partial charge in [-0.05, 0) is 32.4 Å². The first-order chi connectivity index (χ1) is 9.86. The summed E-state index contributed by atoms with van der Waals surface area (Å²) in [5, 5.41) is 3.23. The highest BCUT2D eigenvalue weighted by molar-refractivity contribution is 5.86. The van der Waals surface area contributed by atoms with E-state index in [9.17, 15) is 4.79 Å². The van der Waals surface area contributed by atoms with Gasteiger partial charge in [-0.1, -0.05) is 18.7 Å². The summed E-state index contributed by atoms with van der Waals surface area (Å²) in [5.41, 5.74) is 4.91. The molecule has 1 N–H and O–H groups in total. The number of carbonyl (C=O) groups is 1. The van der Waals surface area contributed by atoms with Crippen LogP contribution >= 0.6 is 0 Å². The number of anilines is 1. The van der Waals surface area contributed by atoms with Crippen LogP contribution in [0.5, 0.6) is 0 Å². The minimum Gasteiger partial charge on any atom is -0.375 e. The minimum atomic E-state index is 0.615. The van der Waals surface area contributed by atoms with E-state index in [-0.39, 0.29) is 0 Å². The third-order valence-corrected chi connectivity index (χ3v) is 2.94. The lowest BCUT2D eigenvalue weighted by Gasteiger charge is -2.21. The van der Waals surface area contributed by atoms with Gasteiger partial charge in [0.25, 0.3) is 0 Å². The van der Waals surface area contributed by atoms with Crippen LogP contribution in [-0.2, 0) is 0 Å². The molecule has 0 aliphatic rings. The van der Waals surface area contributed by atoms with Gasteiger partial charge in [-0.3, -0.25) is 9.79 Å². The predicted octanol–water partition coefficient (Wildman–Crippen LogP) is 3.62.